The molecule has 2 unspecified atom stereocenters. The summed E-state index contributed by atoms with van der Waals surface area (Å²) in [6.07, 6.45) is 4.91. The lowest BCUT2D eigenvalue weighted by atomic mass is 9.99. The Morgan fingerprint density at radius 1 is 1.47 bits per heavy atom. The van der Waals surface area contributed by atoms with Gasteiger partial charge in [-0.3, -0.25) is 4.79 Å². The van der Waals surface area contributed by atoms with E-state index < -0.39 is 0 Å². The SMILES string of the molecule is O=C(CCCCl)N1CCC2NCCCC21. The van der Waals surface area contributed by atoms with Gasteiger partial charge in [0.1, 0.15) is 0 Å². The number of nitrogens with zero attached hydrogens (tertiary/aromatic N) is 1. The van der Waals surface area contributed by atoms with Gasteiger partial charge in [-0.25, -0.2) is 0 Å². The van der Waals surface area contributed by atoms with Gasteiger partial charge in [-0.15, -0.1) is 11.6 Å². The molecule has 0 aliphatic carbocycles. The number of amides is 1. The van der Waals surface area contributed by atoms with Gasteiger partial charge in [0.25, 0.3) is 0 Å². The lowest BCUT2D eigenvalue weighted by molar-refractivity contribution is -0.132. The molecule has 4 heteroatoms. The Morgan fingerprint density at radius 3 is 3.13 bits per heavy atom. The van der Waals surface area contributed by atoms with Crippen LogP contribution in [0.1, 0.15) is 32.1 Å². The Hall–Kier alpha value is -0.280. The highest BCUT2D eigenvalue weighted by molar-refractivity contribution is 6.17. The van der Waals surface area contributed by atoms with Crippen LogP contribution in [0.4, 0.5) is 0 Å². The van der Waals surface area contributed by atoms with Gasteiger partial charge in [-0.2, -0.15) is 0 Å². The van der Waals surface area contributed by atoms with Crippen molar-refractivity contribution in [2.75, 3.05) is 19.0 Å². The Balaban J connectivity index is 1.89. The fourth-order valence-electron chi connectivity index (χ4n) is 2.72. The second-order valence-corrected chi connectivity index (χ2v) is 4.82. The van der Waals surface area contributed by atoms with Crippen molar-refractivity contribution in [3.8, 4) is 0 Å². The predicted octanol–water partition coefficient (Wildman–Crippen LogP) is 1.36. The number of fused-ring (bicyclic) bond motifs is 1. The normalized spacial score (nSPS) is 30.3. The molecule has 86 valence electrons. The minimum atomic E-state index is 0.298. The zero-order valence-electron chi connectivity index (χ0n) is 9.04. The number of piperidine rings is 1. The van der Waals surface area contributed by atoms with Crippen molar-refractivity contribution in [3.05, 3.63) is 0 Å². The fourth-order valence-corrected chi connectivity index (χ4v) is 2.85. The van der Waals surface area contributed by atoms with Crippen LogP contribution >= 0.6 is 11.6 Å². The molecule has 0 aromatic heterocycles. The van der Waals surface area contributed by atoms with E-state index in [1.165, 1.54) is 12.8 Å². The topological polar surface area (TPSA) is 32.3 Å². The Kier molecular flexibility index (Phi) is 3.87. The van der Waals surface area contributed by atoms with Crippen LogP contribution in [-0.2, 0) is 4.79 Å². The fraction of sp³-hybridized carbons (Fsp3) is 0.909. The number of carbonyl (C=O) groups is 1. The van der Waals surface area contributed by atoms with Crippen LogP contribution in [0, 0.1) is 0 Å². The van der Waals surface area contributed by atoms with E-state index in [-0.39, 0.29) is 0 Å². The highest BCUT2D eigenvalue weighted by atomic mass is 35.5. The molecule has 0 bridgehead atoms. The quantitative estimate of drug-likeness (QED) is 0.743. The summed E-state index contributed by atoms with van der Waals surface area (Å²) in [5.41, 5.74) is 0. The average molecular weight is 231 g/mol. The maximum absolute atomic E-state index is 11.9. The summed E-state index contributed by atoms with van der Waals surface area (Å²) in [6, 6.07) is 1.01. The molecule has 2 aliphatic rings. The summed E-state index contributed by atoms with van der Waals surface area (Å²) in [6.45, 7) is 2.05. The number of hydrogen-bond donors (Lipinski definition) is 1. The number of halogens is 1. The molecule has 2 saturated heterocycles. The first-order valence-electron chi connectivity index (χ1n) is 5.92. The van der Waals surface area contributed by atoms with E-state index in [2.05, 4.69) is 10.2 Å². The summed E-state index contributed by atoms with van der Waals surface area (Å²) in [7, 11) is 0. The summed E-state index contributed by atoms with van der Waals surface area (Å²) in [4.78, 5) is 14.0. The first-order chi connectivity index (χ1) is 7.33. The van der Waals surface area contributed by atoms with Crippen molar-refractivity contribution in [1.29, 1.82) is 0 Å². The summed E-state index contributed by atoms with van der Waals surface area (Å²) in [5, 5.41) is 3.50. The molecule has 2 heterocycles. The predicted molar refractivity (Wildman–Crippen MR) is 61.1 cm³/mol. The van der Waals surface area contributed by atoms with Crippen LogP contribution in [0.25, 0.3) is 0 Å². The molecule has 2 fully saturated rings. The minimum absolute atomic E-state index is 0.298. The largest absolute Gasteiger partial charge is 0.338 e. The van der Waals surface area contributed by atoms with E-state index in [9.17, 15) is 4.79 Å². The van der Waals surface area contributed by atoms with Crippen molar-refractivity contribution in [2.45, 2.75) is 44.2 Å². The van der Waals surface area contributed by atoms with Gasteiger partial charge < -0.3 is 10.2 Å². The second-order valence-electron chi connectivity index (χ2n) is 4.44. The second kappa shape index (κ2) is 5.17. The van der Waals surface area contributed by atoms with E-state index in [4.69, 9.17) is 11.6 Å². The van der Waals surface area contributed by atoms with Gasteiger partial charge in [0.15, 0.2) is 0 Å². The number of likely N-dealkylation sites (tertiary alicyclic amines) is 1. The van der Waals surface area contributed by atoms with Crippen molar-refractivity contribution in [3.63, 3.8) is 0 Å². The number of rotatable bonds is 3. The van der Waals surface area contributed by atoms with Gasteiger partial charge >= 0.3 is 0 Å². The molecule has 0 radical (unpaired) electrons. The monoisotopic (exact) mass is 230 g/mol. The van der Waals surface area contributed by atoms with E-state index in [0.29, 0.717) is 30.3 Å². The van der Waals surface area contributed by atoms with Crippen LogP contribution in [0.15, 0.2) is 0 Å². The van der Waals surface area contributed by atoms with Gasteiger partial charge in [0.05, 0.1) is 0 Å². The van der Waals surface area contributed by atoms with Crippen molar-refractivity contribution in [2.24, 2.45) is 0 Å². The molecule has 0 aromatic carbocycles. The molecule has 1 amide bonds. The van der Waals surface area contributed by atoms with E-state index in [0.717, 1.165) is 25.9 Å². The molecule has 0 spiro atoms. The molecule has 0 aromatic rings. The summed E-state index contributed by atoms with van der Waals surface area (Å²) in [5.74, 6) is 0.887. The van der Waals surface area contributed by atoms with Crippen LogP contribution in [-0.4, -0.2) is 41.9 Å². The van der Waals surface area contributed by atoms with Gasteiger partial charge in [-0.1, -0.05) is 0 Å². The smallest absolute Gasteiger partial charge is 0.222 e. The molecule has 2 rings (SSSR count). The van der Waals surface area contributed by atoms with Crippen molar-refractivity contribution < 1.29 is 4.79 Å². The number of alkyl halides is 1. The maximum Gasteiger partial charge on any atom is 0.222 e. The van der Waals surface area contributed by atoms with Crippen LogP contribution < -0.4 is 5.32 Å². The third-order valence-corrected chi connectivity index (χ3v) is 3.74. The number of carbonyl (C=O) groups excluding carboxylic acids is 1. The molecular formula is C11H19ClN2O. The standard InChI is InChI=1S/C11H19ClN2O/c12-6-1-4-11(15)14-8-5-9-10(14)3-2-7-13-9/h9-10,13H,1-8H2. The Morgan fingerprint density at radius 2 is 2.33 bits per heavy atom. The van der Waals surface area contributed by atoms with E-state index in [1.807, 2.05) is 0 Å². The zero-order valence-corrected chi connectivity index (χ0v) is 9.80. The average Bonchev–Trinajstić information content (AvgIpc) is 2.69. The van der Waals surface area contributed by atoms with Crippen LogP contribution in [0.3, 0.4) is 0 Å². The first kappa shape index (κ1) is 11.2. The van der Waals surface area contributed by atoms with Gasteiger partial charge in [0, 0.05) is 30.9 Å². The van der Waals surface area contributed by atoms with Gasteiger partial charge in [0.2, 0.25) is 5.91 Å². The molecule has 15 heavy (non-hydrogen) atoms. The number of nitrogens with one attached hydrogen (secondary N) is 1. The Labute approximate surface area is 96.2 Å². The van der Waals surface area contributed by atoms with Gasteiger partial charge in [-0.05, 0) is 32.2 Å². The highest BCUT2D eigenvalue weighted by Gasteiger charge is 2.37. The third-order valence-electron chi connectivity index (χ3n) is 3.47. The molecule has 3 nitrogen and oxygen atoms in total. The van der Waals surface area contributed by atoms with Crippen LogP contribution in [0.5, 0.6) is 0 Å². The van der Waals surface area contributed by atoms with E-state index in [1.54, 1.807) is 0 Å². The summed E-state index contributed by atoms with van der Waals surface area (Å²) < 4.78 is 0. The molecular weight excluding hydrogens is 212 g/mol. The number of hydrogen-bond acceptors (Lipinski definition) is 2. The molecule has 1 N–H and O–H groups in total. The lowest BCUT2D eigenvalue weighted by Gasteiger charge is -2.32. The maximum atomic E-state index is 11.9. The minimum Gasteiger partial charge on any atom is -0.338 e. The first-order valence-corrected chi connectivity index (χ1v) is 6.45. The molecule has 2 atom stereocenters. The van der Waals surface area contributed by atoms with E-state index >= 15 is 0 Å². The Bertz CT molecular complexity index is 235. The van der Waals surface area contributed by atoms with Crippen molar-refractivity contribution >= 4 is 17.5 Å². The molecule has 0 saturated carbocycles. The molecule has 2 aliphatic heterocycles. The van der Waals surface area contributed by atoms with Crippen molar-refractivity contribution in [1.82, 2.24) is 10.2 Å². The third kappa shape index (κ3) is 2.45. The highest BCUT2D eigenvalue weighted by Crippen LogP contribution is 2.25. The summed E-state index contributed by atoms with van der Waals surface area (Å²) >= 11 is 5.61. The van der Waals surface area contributed by atoms with Crippen LogP contribution in [0.2, 0.25) is 0 Å². The lowest BCUT2D eigenvalue weighted by Crippen LogP contribution is -2.48. The zero-order chi connectivity index (χ0) is 10.7.